The number of hydrogen-bond acceptors (Lipinski definition) is 5. The average Bonchev–Trinajstić information content (AvgIpc) is 2.62. The van der Waals surface area contributed by atoms with Crippen LogP contribution in [0.5, 0.6) is 5.75 Å². The van der Waals surface area contributed by atoms with Crippen LogP contribution in [0.15, 0.2) is 47.4 Å². The Morgan fingerprint density at radius 2 is 1.85 bits per heavy atom. The van der Waals surface area contributed by atoms with Gasteiger partial charge in [0.1, 0.15) is 5.75 Å². The van der Waals surface area contributed by atoms with Crippen molar-refractivity contribution in [1.82, 2.24) is 9.62 Å². The summed E-state index contributed by atoms with van der Waals surface area (Å²) < 4.78 is 25.3. The molecule has 0 heterocycles. The van der Waals surface area contributed by atoms with Gasteiger partial charge in [-0.15, -0.1) is 0 Å². The number of rotatable bonds is 6. The SMILES string of the molecule is CN(C)S(=O)(=O)c1cccc(C(=O)NCC(=O)Nc2cc(Cl)ccc2O)c1. The molecule has 0 radical (unpaired) electrons. The average molecular weight is 412 g/mol. The summed E-state index contributed by atoms with van der Waals surface area (Å²) in [6.07, 6.45) is 0. The lowest BCUT2D eigenvalue weighted by Crippen LogP contribution is -2.33. The molecule has 0 atom stereocenters. The van der Waals surface area contributed by atoms with Crippen molar-refractivity contribution >= 4 is 39.1 Å². The van der Waals surface area contributed by atoms with E-state index in [0.29, 0.717) is 5.02 Å². The van der Waals surface area contributed by atoms with Crippen molar-refractivity contribution in [1.29, 1.82) is 0 Å². The summed E-state index contributed by atoms with van der Waals surface area (Å²) in [6.45, 7) is -0.380. The van der Waals surface area contributed by atoms with Gasteiger partial charge in [0.2, 0.25) is 15.9 Å². The fourth-order valence-corrected chi connectivity index (χ4v) is 3.19. The molecule has 2 rings (SSSR count). The topological polar surface area (TPSA) is 116 Å². The predicted molar refractivity (Wildman–Crippen MR) is 101 cm³/mol. The highest BCUT2D eigenvalue weighted by molar-refractivity contribution is 7.89. The molecule has 2 aromatic carbocycles. The smallest absolute Gasteiger partial charge is 0.251 e. The van der Waals surface area contributed by atoms with Gasteiger partial charge >= 0.3 is 0 Å². The predicted octanol–water partition coefficient (Wildman–Crippen LogP) is 1.66. The molecule has 0 unspecified atom stereocenters. The van der Waals surface area contributed by atoms with Crippen molar-refractivity contribution in [3.63, 3.8) is 0 Å². The van der Waals surface area contributed by atoms with Gasteiger partial charge < -0.3 is 15.7 Å². The van der Waals surface area contributed by atoms with Gasteiger partial charge in [-0.3, -0.25) is 9.59 Å². The summed E-state index contributed by atoms with van der Waals surface area (Å²) >= 11 is 5.80. The molecule has 8 nitrogen and oxygen atoms in total. The molecule has 0 bridgehead atoms. The van der Waals surface area contributed by atoms with Gasteiger partial charge in [0.05, 0.1) is 17.1 Å². The maximum Gasteiger partial charge on any atom is 0.251 e. The second-order valence-corrected chi connectivity index (χ2v) is 8.30. The maximum atomic E-state index is 12.2. The molecular weight excluding hydrogens is 394 g/mol. The molecule has 2 amide bonds. The fraction of sp³-hybridized carbons (Fsp3) is 0.176. The number of carbonyl (C=O) groups is 2. The highest BCUT2D eigenvalue weighted by atomic mass is 35.5. The van der Waals surface area contributed by atoms with Crippen molar-refractivity contribution < 1.29 is 23.1 Å². The number of phenolic OH excluding ortho intramolecular Hbond substituents is 1. The molecule has 27 heavy (non-hydrogen) atoms. The minimum absolute atomic E-state index is 0.0338. The Bertz CT molecular complexity index is 976. The van der Waals surface area contributed by atoms with E-state index in [0.717, 1.165) is 4.31 Å². The molecule has 10 heteroatoms. The van der Waals surface area contributed by atoms with Gasteiger partial charge in [0.15, 0.2) is 0 Å². The largest absolute Gasteiger partial charge is 0.506 e. The van der Waals surface area contributed by atoms with Crippen LogP contribution in [0.2, 0.25) is 5.02 Å². The monoisotopic (exact) mass is 411 g/mol. The molecule has 0 saturated heterocycles. The highest BCUT2D eigenvalue weighted by Crippen LogP contribution is 2.26. The van der Waals surface area contributed by atoms with Crippen LogP contribution in [0, 0.1) is 0 Å². The normalized spacial score (nSPS) is 11.3. The maximum absolute atomic E-state index is 12.2. The molecule has 0 aromatic heterocycles. The number of nitrogens with one attached hydrogen (secondary N) is 2. The van der Waals surface area contributed by atoms with E-state index in [1.165, 1.54) is 56.6 Å². The zero-order valence-electron chi connectivity index (χ0n) is 14.6. The summed E-state index contributed by atoms with van der Waals surface area (Å²) in [5.41, 5.74) is 0.206. The first-order valence-corrected chi connectivity index (χ1v) is 9.52. The van der Waals surface area contributed by atoms with E-state index in [1.807, 2.05) is 0 Å². The summed E-state index contributed by atoms with van der Waals surface area (Å²) in [6, 6.07) is 9.63. The molecule has 2 aromatic rings. The number of phenols is 1. The zero-order chi connectivity index (χ0) is 20.2. The van der Waals surface area contributed by atoms with E-state index < -0.39 is 21.8 Å². The van der Waals surface area contributed by atoms with Crippen molar-refractivity contribution in [2.24, 2.45) is 0 Å². The highest BCUT2D eigenvalue weighted by Gasteiger charge is 2.19. The molecule has 0 aliphatic carbocycles. The van der Waals surface area contributed by atoms with Crippen molar-refractivity contribution in [3.05, 3.63) is 53.1 Å². The third-order valence-electron chi connectivity index (χ3n) is 3.52. The lowest BCUT2D eigenvalue weighted by Gasteiger charge is -2.12. The van der Waals surface area contributed by atoms with Crippen LogP contribution in [0.3, 0.4) is 0 Å². The van der Waals surface area contributed by atoms with Gasteiger partial charge in [-0.25, -0.2) is 12.7 Å². The standard InChI is InChI=1S/C17H18ClN3O5S/c1-21(2)27(25,26)13-5-3-4-11(8-13)17(24)19-10-16(23)20-14-9-12(18)6-7-15(14)22/h3-9,22H,10H2,1-2H3,(H,19,24)(H,20,23). The summed E-state index contributed by atoms with van der Waals surface area (Å²) in [4.78, 5) is 24.1. The van der Waals surface area contributed by atoms with Gasteiger partial charge in [-0.2, -0.15) is 0 Å². The van der Waals surface area contributed by atoms with E-state index in [1.54, 1.807) is 0 Å². The Kier molecular flexibility index (Phi) is 6.42. The number of aromatic hydroxyl groups is 1. The third kappa shape index (κ3) is 5.19. The fourth-order valence-electron chi connectivity index (χ4n) is 2.07. The summed E-state index contributed by atoms with van der Waals surface area (Å²) in [5.74, 6) is -1.37. The first kappa shape index (κ1) is 20.7. The Morgan fingerprint density at radius 1 is 1.15 bits per heavy atom. The van der Waals surface area contributed by atoms with Crippen LogP contribution in [0.25, 0.3) is 0 Å². The number of nitrogens with zero attached hydrogens (tertiary/aromatic N) is 1. The van der Waals surface area contributed by atoms with Gasteiger partial charge in [-0.1, -0.05) is 17.7 Å². The Balaban J connectivity index is 2.03. The molecule has 3 N–H and O–H groups in total. The van der Waals surface area contributed by atoms with Crippen LogP contribution < -0.4 is 10.6 Å². The van der Waals surface area contributed by atoms with Gasteiger partial charge in [0.25, 0.3) is 5.91 Å². The van der Waals surface area contributed by atoms with Crippen LogP contribution >= 0.6 is 11.6 Å². The first-order chi connectivity index (χ1) is 12.6. The Hall–Kier alpha value is -2.62. The van der Waals surface area contributed by atoms with Crippen LogP contribution in [0.4, 0.5) is 5.69 Å². The Labute approximate surface area is 161 Å². The third-order valence-corrected chi connectivity index (χ3v) is 5.56. The Morgan fingerprint density at radius 3 is 2.52 bits per heavy atom. The van der Waals surface area contributed by atoms with E-state index >= 15 is 0 Å². The first-order valence-electron chi connectivity index (χ1n) is 7.70. The quantitative estimate of drug-likeness (QED) is 0.625. The number of amides is 2. The van der Waals surface area contributed by atoms with Crippen molar-refractivity contribution in [3.8, 4) is 5.75 Å². The summed E-state index contributed by atoms with van der Waals surface area (Å²) in [5, 5.41) is 14.8. The second-order valence-electron chi connectivity index (χ2n) is 5.71. The number of hydrogen-bond donors (Lipinski definition) is 3. The van der Waals surface area contributed by atoms with Crippen molar-refractivity contribution in [2.45, 2.75) is 4.90 Å². The number of halogens is 1. The van der Waals surface area contributed by atoms with Crippen LogP contribution in [-0.2, 0) is 14.8 Å². The molecule has 0 fully saturated rings. The van der Waals surface area contributed by atoms with E-state index in [2.05, 4.69) is 10.6 Å². The van der Waals surface area contributed by atoms with Gasteiger partial charge in [-0.05, 0) is 36.4 Å². The minimum atomic E-state index is -3.68. The second kappa shape index (κ2) is 8.38. The zero-order valence-corrected chi connectivity index (χ0v) is 16.1. The molecule has 0 aliphatic rings. The molecule has 0 spiro atoms. The van der Waals surface area contributed by atoms with E-state index in [9.17, 15) is 23.1 Å². The molecule has 144 valence electrons. The van der Waals surface area contributed by atoms with E-state index in [-0.39, 0.29) is 28.4 Å². The number of sulfonamides is 1. The van der Waals surface area contributed by atoms with Gasteiger partial charge in [0, 0.05) is 24.7 Å². The van der Waals surface area contributed by atoms with E-state index in [4.69, 9.17) is 11.6 Å². The number of benzene rings is 2. The van der Waals surface area contributed by atoms with Crippen LogP contribution in [-0.4, -0.2) is 50.3 Å². The number of carbonyl (C=O) groups excluding carboxylic acids is 2. The molecule has 0 aliphatic heterocycles. The minimum Gasteiger partial charge on any atom is -0.506 e. The molecule has 0 saturated carbocycles. The number of anilines is 1. The lowest BCUT2D eigenvalue weighted by molar-refractivity contribution is -0.115. The lowest BCUT2D eigenvalue weighted by atomic mass is 10.2. The van der Waals surface area contributed by atoms with Crippen LogP contribution in [0.1, 0.15) is 10.4 Å². The summed E-state index contributed by atoms with van der Waals surface area (Å²) in [7, 11) is -0.907. The van der Waals surface area contributed by atoms with Crippen molar-refractivity contribution in [2.75, 3.05) is 26.0 Å². The molecular formula is C17H18ClN3O5S.